The van der Waals surface area contributed by atoms with Crippen LogP contribution >= 0.6 is 0 Å². The van der Waals surface area contributed by atoms with E-state index in [4.69, 9.17) is 0 Å². The highest BCUT2D eigenvalue weighted by Crippen LogP contribution is 2.36. The first-order valence-electron chi connectivity index (χ1n) is 8.81. The van der Waals surface area contributed by atoms with Crippen LogP contribution in [0.1, 0.15) is 17.2 Å². The Morgan fingerprint density at radius 1 is 0.423 bits per heavy atom. The van der Waals surface area contributed by atoms with Gasteiger partial charge in [-0.15, -0.1) is 0 Å². The zero-order chi connectivity index (χ0) is 17.8. The van der Waals surface area contributed by atoms with Crippen LogP contribution in [-0.2, 0) is 0 Å². The number of hydrogen-bond donors (Lipinski definition) is 1. The molecule has 1 N–H and O–H groups in total. The van der Waals surface area contributed by atoms with Gasteiger partial charge in [0.15, 0.2) is 0 Å². The summed E-state index contributed by atoms with van der Waals surface area (Å²) in [5, 5.41) is 11.3. The molecule has 0 amide bonds. The number of aliphatic hydroxyl groups excluding tert-OH is 1. The van der Waals surface area contributed by atoms with Crippen LogP contribution in [0.2, 0.25) is 0 Å². The Hall–Kier alpha value is -3.16. The summed E-state index contributed by atoms with van der Waals surface area (Å²) >= 11 is 0. The summed E-state index contributed by atoms with van der Waals surface area (Å²) in [6.45, 7) is 0. The largest absolute Gasteiger partial charge is 0.384 e. The molecule has 4 rings (SSSR count). The molecule has 4 aromatic carbocycles. The minimum Gasteiger partial charge on any atom is -0.384 e. The maximum atomic E-state index is 11.3. The quantitative estimate of drug-likeness (QED) is 0.477. The average Bonchev–Trinajstić information content (AvgIpc) is 2.74. The van der Waals surface area contributed by atoms with Gasteiger partial charge in [-0.25, -0.2) is 0 Å². The van der Waals surface area contributed by atoms with Gasteiger partial charge in [-0.2, -0.15) is 0 Å². The van der Waals surface area contributed by atoms with Crippen LogP contribution in [0.25, 0.3) is 22.3 Å². The summed E-state index contributed by atoms with van der Waals surface area (Å²) in [5.74, 6) is 0. The van der Waals surface area contributed by atoms with E-state index in [1.165, 1.54) is 0 Å². The number of rotatable bonds is 4. The second-order valence-electron chi connectivity index (χ2n) is 6.31. The highest BCUT2D eigenvalue weighted by atomic mass is 16.3. The highest BCUT2D eigenvalue weighted by molar-refractivity contribution is 5.72. The van der Waals surface area contributed by atoms with Gasteiger partial charge in [0.25, 0.3) is 0 Å². The van der Waals surface area contributed by atoms with Gasteiger partial charge in [-0.1, -0.05) is 109 Å². The Balaban J connectivity index is 1.83. The summed E-state index contributed by atoms with van der Waals surface area (Å²) in [6, 6.07) is 36.6. The van der Waals surface area contributed by atoms with Crippen molar-refractivity contribution in [2.75, 3.05) is 0 Å². The molecule has 0 radical (unpaired) electrons. The first-order valence-corrected chi connectivity index (χ1v) is 8.81. The maximum Gasteiger partial charge on any atom is 0.105 e. The van der Waals surface area contributed by atoms with Crippen LogP contribution in [0.3, 0.4) is 0 Å². The van der Waals surface area contributed by atoms with Crippen LogP contribution in [0, 0.1) is 0 Å². The van der Waals surface area contributed by atoms with Crippen molar-refractivity contribution in [2.45, 2.75) is 6.10 Å². The minimum atomic E-state index is -0.692. The number of benzene rings is 4. The predicted molar refractivity (Wildman–Crippen MR) is 108 cm³/mol. The van der Waals surface area contributed by atoms with Crippen molar-refractivity contribution in [3.63, 3.8) is 0 Å². The molecule has 0 saturated heterocycles. The Morgan fingerprint density at radius 2 is 0.769 bits per heavy atom. The minimum absolute atomic E-state index is 0.692. The van der Waals surface area contributed by atoms with Crippen molar-refractivity contribution in [3.8, 4) is 22.3 Å². The lowest BCUT2D eigenvalue weighted by molar-refractivity contribution is 0.221. The molecule has 1 heteroatoms. The molecule has 126 valence electrons. The van der Waals surface area contributed by atoms with E-state index in [9.17, 15) is 5.11 Å². The summed E-state index contributed by atoms with van der Waals surface area (Å²) in [7, 11) is 0. The van der Waals surface area contributed by atoms with Gasteiger partial charge in [0.2, 0.25) is 0 Å². The van der Waals surface area contributed by atoms with Gasteiger partial charge in [0.1, 0.15) is 6.10 Å². The molecule has 0 aliphatic carbocycles. The highest BCUT2D eigenvalue weighted by Gasteiger charge is 2.18. The zero-order valence-corrected chi connectivity index (χ0v) is 14.4. The smallest absolute Gasteiger partial charge is 0.105 e. The van der Waals surface area contributed by atoms with Gasteiger partial charge < -0.3 is 5.11 Å². The van der Waals surface area contributed by atoms with E-state index in [1.54, 1.807) is 0 Å². The molecule has 1 nitrogen and oxygen atoms in total. The summed E-state index contributed by atoms with van der Waals surface area (Å²) in [6.07, 6.45) is -0.692. The second-order valence-corrected chi connectivity index (χ2v) is 6.31. The third kappa shape index (κ3) is 3.17. The molecule has 0 aliphatic heterocycles. The van der Waals surface area contributed by atoms with Gasteiger partial charge >= 0.3 is 0 Å². The second kappa shape index (κ2) is 7.38. The molecule has 0 aromatic heterocycles. The standard InChI is InChI=1S/C25H20O/c26-25(23-17-9-7-15-21(23)19-11-3-1-4-12-19)24-18-10-8-16-22(24)20-13-5-2-6-14-20/h1-18,25-26H. The van der Waals surface area contributed by atoms with Crippen molar-refractivity contribution >= 4 is 0 Å². The third-order valence-corrected chi connectivity index (χ3v) is 4.68. The molecule has 4 aromatic rings. The monoisotopic (exact) mass is 336 g/mol. The van der Waals surface area contributed by atoms with Gasteiger partial charge in [0.05, 0.1) is 0 Å². The fourth-order valence-electron chi connectivity index (χ4n) is 3.40. The van der Waals surface area contributed by atoms with Gasteiger partial charge in [-0.05, 0) is 33.4 Å². The van der Waals surface area contributed by atoms with Crippen LogP contribution in [0.4, 0.5) is 0 Å². The lowest BCUT2D eigenvalue weighted by Gasteiger charge is -2.19. The molecule has 0 fully saturated rings. The molecule has 0 atom stereocenters. The van der Waals surface area contributed by atoms with Crippen LogP contribution in [0.5, 0.6) is 0 Å². The molecule has 26 heavy (non-hydrogen) atoms. The lowest BCUT2D eigenvalue weighted by Crippen LogP contribution is -2.03. The van der Waals surface area contributed by atoms with E-state index in [0.29, 0.717) is 0 Å². The normalized spacial score (nSPS) is 10.8. The van der Waals surface area contributed by atoms with Gasteiger partial charge in [0, 0.05) is 0 Å². The van der Waals surface area contributed by atoms with Crippen molar-refractivity contribution in [1.29, 1.82) is 0 Å². The lowest BCUT2D eigenvalue weighted by atomic mass is 9.89. The van der Waals surface area contributed by atoms with Crippen molar-refractivity contribution < 1.29 is 5.11 Å². The van der Waals surface area contributed by atoms with E-state index in [-0.39, 0.29) is 0 Å². The van der Waals surface area contributed by atoms with E-state index in [2.05, 4.69) is 36.4 Å². The van der Waals surface area contributed by atoms with Gasteiger partial charge in [-0.3, -0.25) is 0 Å². The Kier molecular flexibility index (Phi) is 4.63. The molecular weight excluding hydrogens is 316 g/mol. The Bertz CT molecular complexity index is 908. The molecule has 0 heterocycles. The maximum absolute atomic E-state index is 11.3. The van der Waals surface area contributed by atoms with E-state index in [0.717, 1.165) is 33.4 Å². The number of hydrogen-bond acceptors (Lipinski definition) is 1. The molecule has 0 saturated carbocycles. The first-order chi connectivity index (χ1) is 12.8. The first kappa shape index (κ1) is 16.3. The molecule has 0 unspecified atom stereocenters. The van der Waals surface area contributed by atoms with Crippen LogP contribution in [-0.4, -0.2) is 5.11 Å². The van der Waals surface area contributed by atoms with Crippen molar-refractivity contribution in [1.82, 2.24) is 0 Å². The van der Waals surface area contributed by atoms with Crippen LogP contribution < -0.4 is 0 Å². The molecule has 0 aliphatic rings. The van der Waals surface area contributed by atoms with E-state index in [1.807, 2.05) is 72.8 Å². The molecule has 0 spiro atoms. The Labute approximate surface area is 154 Å². The fraction of sp³-hybridized carbons (Fsp3) is 0.0400. The average molecular weight is 336 g/mol. The summed E-state index contributed by atoms with van der Waals surface area (Å²) < 4.78 is 0. The Morgan fingerprint density at radius 3 is 1.19 bits per heavy atom. The fourth-order valence-corrected chi connectivity index (χ4v) is 3.40. The van der Waals surface area contributed by atoms with Crippen molar-refractivity contribution in [3.05, 3.63) is 120 Å². The summed E-state index contributed by atoms with van der Waals surface area (Å²) in [5.41, 5.74) is 6.18. The van der Waals surface area contributed by atoms with Crippen LogP contribution in [0.15, 0.2) is 109 Å². The SMILES string of the molecule is OC(c1ccccc1-c1ccccc1)c1ccccc1-c1ccccc1. The number of aliphatic hydroxyl groups is 1. The van der Waals surface area contributed by atoms with E-state index >= 15 is 0 Å². The molecule has 0 bridgehead atoms. The summed E-state index contributed by atoms with van der Waals surface area (Å²) in [4.78, 5) is 0. The third-order valence-electron chi connectivity index (χ3n) is 4.68. The topological polar surface area (TPSA) is 20.2 Å². The van der Waals surface area contributed by atoms with E-state index < -0.39 is 6.10 Å². The molecular formula is C25H20O. The zero-order valence-electron chi connectivity index (χ0n) is 14.4. The van der Waals surface area contributed by atoms with Crippen molar-refractivity contribution in [2.24, 2.45) is 0 Å². The predicted octanol–water partition coefficient (Wildman–Crippen LogP) is 6.10.